The smallest absolute Gasteiger partial charge is 0.257 e. The molecule has 1 aliphatic heterocycles. The Hall–Kier alpha value is -3.26. The van der Waals surface area contributed by atoms with Crippen LogP contribution in [0.15, 0.2) is 53.1 Å². The summed E-state index contributed by atoms with van der Waals surface area (Å²) in [7, 11) is 0. The quantitative estimate of drug-likeness (QED) is 0.507. The molecule has 0 bridgehead atoms. The second kappa shape index (κ2) is 10.1. The molecule has 0 spiro atoms. The van der Waals surface area contributed by atoms with Crippen LogP contribution in [0.3, 0.4) is 0 Å². The van der Waals surface area contributed by atoms with Gasteiger partial charge in [0, 0.05) is 24.7 Å². The second-order valence-corrected chi connectivity index (χ2v) is 8.09. The van der Waals surface area contributed by atoms with Gasteiger partial charge in [-0.2, -0.15) is 0 Å². The molecule has 1 aliphatic rings. The molecule has 0 aliphatic carbocycles. The van der Waals surface area contributed by atoms with E-state index in [4.69, 9.17) is 9.26 Å². The van der Waals surface area contributed by atoms with Crippen LogP contribution >= 0.6 is 0 Å². The average Bonchev–Trinajstić information content (AvgIpc) is 3.26. The molecule has 4 rings (SSSR count). The molecular weight excluding hydrogens is 428 g/mol. The minimum atomic E-state index is -0.562. The molecule has 1 fully saturated rings. The lowest BCUT2D eigenvalue weighted by molar-refractivity contribution is 0.0666. The molecule has 6 nitrogen and oxygen atoms in total. The van der Waals surface area contributed by atoms with Gasteiger partial charge in [0.25, 0.3) is 5.91 Å². The van der Waals surface area contributed by atoms with Gasteiger partial charge in [0.1, 0.15) is 17.3 Å². The van der Waals surface area contributed by atoms with Crippen LogP contribution in [0.4, 0.5) is 14.7 Å². The van der Waals surface area contributed by atoms with E-state index in [1.54, 1.807) is 29.2 Å². The fourth-order valence-corrected chi connectivity index (χ4v) is 3.90. The number of carbonyl (C=O) groups is 1. The first kappa shape index (κ1) is 22.9. The van der Waals surface area contributed by atoms with E-state index in [-0.39, 0.29) is 24.0 Å². The first-order chi connectivity index (χ1) is 16.0. The molecule has 33 heavy (non-hydrogen) atoms. The fourth-order valence-electron chi connectivity index (χ4n) is 3.90. The molecule has 0 saturated carbocycles. The van der Waals surface area contributed by atoms with Gasteiger partial charge in [-0.3, -0.25) is 4.79 Å². The maximum Gasteiger partial charge on any atom is 0.257 e. The third kappa shape index (κ3) is 4.90. The number of hydrogen-bond donors (Lipinski definition) is 0. The number of carbonyl (C=O) groups excluding carboxylic acids is 1. The molecule has 1 amide bonds. The normalized spacial score (nSPS) is 14.8. The summed E-state index contributed by atoms with van der Waals surface area (Å²) >= 11 is 0. The largest absolute Gasteiger partial charge is 0.378 e. The van der Waals surface area contributed by atoms with Crippen LogP contribution in [-0.2, 0) is 11.3 Å². The van der Waals surface area contributed by atoms with Crippen molar-refractivity contribution in [1.82, 2.24) is 10.1 Å². The number of halogens is 2. The summed E-state index contributed by atoms with van der Waals surface area (Å²) in [6.45, 7) is 6.42. The molecule has 2 aromatic carbocycles. The number of morpholine rings is 1. The molecule has 1 aromatic heterocycles. The van der Waals surface area contributed by atoms with Crippen molar-refractivity contribution >= 4 is 11.8 Å². The highest BCUT2D eigenvalue weighted by atomic mass is 19.1. The van der Waals surface area contributed by atoms with Gasteiger partial charge in [-0.05, 0) is 49.7 Å². The minimum absolute atomic E-state index is 0.0190. The van der Waals surface area contributed by atoms with Crippen molar-refractivity contribution < 1.29 is 22.8 Å². The molecule has 1 atom stereocenters. The molecule has 0 unspecified atom stereocenters. The van der Waals surface area contributed by atoms with Crippen LogP contribution in [0, 0.1) is 11.6 Å². The molecule has 0 radical (unpaired) electrons. The molecule has 174 valence electrons. The van der Waals surface area contributed by atoms with E-state index in [1.807, 2.05) is 18.7 Å². The summed E-state index contributed by atoms with van der Waals surface area (Å²) in [5.41, 5.74) is 1.93. The van der Waals surface area contributed by atoms with Crippen molar-refractivity contribution in [1.29, 1.82) is 0 Å². The third-order valence-electron chi connectivity index (χ3n) is 6.00. The number of amides is 1. The van der Waals surface area contributed by atoms with E-state index in [2.05, 4.69) is 5.16 Å². The highest BCUT2D eigenvalue weighted by Gasteiger charge is 2.30. The van der Waals surface area contributed by atoms with E-state index >= 15 is 0 Å². The zero-order valence-electron chi connectivity index (χ0n) is 18.8. The molecule has 8 heteroatoms. The lowest BCUT2D eigenvalue weighted by Gasteiger charge is -2.31. The van der Waals surface area contributed by atoms with E-state index in [1.165, 1.54) is 24.3 Å². The maximum absolute atomic E-state index is 14.5. The van der Waals surface area contributed by atoms with Crippen LogP contribution < -0.4 is 4.90 Å². The van der Waals surface area contributed by atoms with Gasteiger partial charge in [-0.25, -0.2) is 8.78 Å². The second-order valence-electron chi connectivity index (χ2n) is 8.09. The summed E-state index contributed by atoms with van der Waals surface area (Å²) in [4.78, 5) is 17.1. The summed E-state index contributed by atoms with van der Waals surface area (Å²) in [6, 6.07) is 11.8. The topological polar surface area (TPSA) is 58.8 Å². The Morgan fingerprint density at radius 1 is 1.12 bits per heavy atom. The van der Waals surface area contributed by atoms with Gasteiger partial charge < -0.3 is 19.1 Å². The van der Waals surface area contributed by atoms with Gasteiger partial charge in [-0.15, -0.1) is 0 Å². The Balaban J connectivity index is 1.76. The SMILES string of the molecule is CC[C@@H](C)N(Cc1c(-c2ccc(F)cc2)noc1N1CCOCC1)C(=O)c1ccccc1F. The van der Waals surface area contributed by atoms with Gasteiger partial charge in [-0.1, -0.05) is 24.2 Å². The Morgan fingerprint density at radius 2 is 1.82 bits per heavy atom. The summed E-state index contributed by atoms with van der Waals surface area (Å²) in [6.07, 6.45) is 0.685. The molecule has 0 N–H and O–H groups in total. The van der Waals surface area contributed by atoms with Crippen LogP contribution in [-0.4, -0.2) is 48.3 Å². The Morgan fingerprint density at radius 3 is 2.48 bits per heavy atom. The van der Waals surface area contributed by atoms with Gasteiger partial charge in [0.15, 0.2) is 0 Å². The zero-order chi connectivity index (χ0) is 23.4. The summed E-state index contributed by atoms with van der Waals surface area (Å²) in [5.74, 6) is -0.768. The highest BCUT2D eigenvalue weighted by molar-refractivity contribution is 5.94. The predicted octanol–water partition coefficient (Wildman–Crippen LogP) is 4.90. The van der Waals surface area contributed by atoms with Crippen molar-refractivity contribution in [2.45, 2.75) is 32.9 Å². The lowest BCUT2D eigenvalue weighted by atomic mass is 10.0. The summed E-state index contributed by atoms with van der Waals surface area (Å²) < 4.78 is 39.2. The van der Waals surface area contributed by atoms with Crippen LogP contribution in [0.2, 0.25) is 0 Å². The van der Waals surface area contributed by atoms with E-state index < -0.39 is 11.7 Å². The van der Waals surface area contributed by atoms with Crippen LogP contribution in [0.25, 0.3) is 11.3 Å². The Bertz CT molecular complexity index is 1090. The Labute approximate surface area is 191 Å². The molecule has 2 heterocycles. The molecule has 3 aromatic rings. The fraction of sp³-hybridized carbons (Fsp3) is 0.360. The van der Waals surface area contributed by atoms with E-state index in [0.717, 1.165) is 0 Å². The van der Waals surface area contributed by atoms with Gasteiger partial charge >= 0.3 is 0 Å². The number of aromatic nitrogens is 1. The zero-order valence-corrected chi connectivity index (χ0v) is 18.8. The third-order valence-corrected chi connectivity index (χ3v) is 6.00. The van der Waals surface area contributed by atoms with Gasteiger partial charge in [0.05, 0.1) is 30.9 Å². The van der Waals surface area contributed by atoms with Crippen LogP contribution in [0.5, 0.6) is 0 Å². The van der Waals surface area contributed by atoms with Crippen molar-refractivity contribution in [2.24, 2.45) is 0 Å². The summed E-state index contributed by atoms with van der Waals surface area (Å²) in [5, 5.41) is 4.29. The minimum Gasteiger partial charge on any atom is -0.378 e. The average molecular weight is 456 g/mol. The lowest BCUT2D eigenvalue weighted by Crippen LogP contribution is -2.40. The van der Waals surface area contributed by atoms with Crippen molar-refractivity contribution in [2.75, 3.05) is 31.2 Å². The van der Waals surface area contributed by atoms with E-state index in [0.29, 0.717) is 55.4 Å². The molecular formula is C25H27F2N3O3. The number of hydrogen-bond acceptors (Lipinski definition) is 5. The van der Waals surface area contributed by atoms with Crippen LogP contribution in [0.1, 0.15) is 36.2 Å². The number of ether oxygens (including phenoxy) is 1. The molecule has 1 saturated heterocycles. The highest BCUT2D eigenvalue weighted by Crippen LogP contribution is 2.34. The predicted molar refractivity (Wildman–Crippen MR) is 121 cm³/mol. The van der Waals surface area contributed by atoms with Crippen molar-refractivity contribution in [3.05, 3.63) is 71.3 Å². The monoisotopic (exact) mass is 455 g/mol. The van der Waals surface area contributed by atoms with Crippen molar-refractivity contribution in [3.8, 4) is 11.3 Å². The first-order valence-electron chi connectivity index (χ1n) is 11.1. The maximum atomic E-state index is 14.5. The standard InChI is InChI=1S/C25H27F2N3O3/c1-3-17(2)30(24(31)20-6-4-5-7-22(20)27)16-21-23(18-8-10-19(26)11-9-18)28-33-25(21)29-12-14-32-15-13-29/h4-11,17H,3,12-16H2,1-2H3/t17-/m1/s1. The van der Waals surface area contributed by atoms with Crippen molar-refractivity contribution in [3.63, 3.8) is 0 Å². The first-order valence-corrected chi connectivity index (χ1v) is 11.1. The number of benzene rings is 2. The number of nitrogens with zero attached hydrogens (tertiary/aromatic N) is 3. The number of rotatable bonds is 7. The number of anilines is 1. The van der Waals surface area contributed by atoms with Gasteiger partial charge in [0.2, 0.25) is 5.88 Å². The Kier molecular flexibility index (Phi) is 7.03. The van der Waals surface area contributed by atoms with E-state index in [9.17, 15) is 13.6 Å².